The van der Waals surface area contributed by atoms with E-state index in [-0.39, 0.29) is 31.2 Å². The molecule has 0 saturated carbocycles. The Morgan fingerprint density at radius 3 is 2.69 bits per heavy atom. The number of aliphatic hydroxyl groups excluding tert-OH is 1. The highest BCUT2D eigenvalue weighted by atomic mass is 79.9. The number of hydrogen-bond donors (Lipinski definition) is 2. The fourth-order valence-electron chi connectivity index (χ4n) is 4.29. The monoisotopic (exact) mass is 499 g/mol. The first-order valence-corrected chi connectivity index (χ1v) is 11.4. The van der Waals surface area contributed by atoms with Crippen LogP contribution in [0.3, 0.4) is 0 Å². The van der Waals surface area contributed by atoms with E-state index in [1.54, 1.807) is 31.0 Å². The van der Waals surface area contributed by atoms with Gasteiger partial charge < -0.3 is 19.7 Å². The van der Waals surface area contributed by atoms with Crippen LogP contribution in [0.2, 0.25) is 0 Å². The van der Waals surface area contributed by atoms with Gasteiger partial charge in [-0.15, -0.1) is 0 Å². The van der Waals surface area contributed by atoms with Crippen molar-refractivity contribution in [1.82, 2.24) is 14.8 Å². The van der Waals surface area contributed by atoms with E-state index in [4.69, 9.17) is 9.84 Å². The molecule has 0 bridgehead atoms. The van der Waals surface area contributed by atoms with Crippen molar-refractivity contribution in [3.63, 3.8) is 0 Å². The summed E-state index contributed by atoms with van der Waals surface area (Å²) in [5, 5.41) is 10.2. The van der Waals surface area contributed by atoms with Gasteiger partial charge in [-0.3, -0.25) is 9.69 Å². The Labute approximate surface area is 195 Å². The molecule has 3 aromatic rings. The topological polar surface area (TPSA) is 85.9 Å². The first kappa shape index (κ1) is 22.4. The molecule has 1 unspecified atom stereocenters. The van der Waals surface area contributed by atoms with Gasteiger partial charge in [0, 0.05) is 46.8 Å². The molecule has 0 aliphatic carbocycles. The maximum absolute atomic E-state index is 12.8. The number of halogens is 1. The lowest BCUT2D eigenvalue weighted by Crippen LogP contribution is -2.41. The Bertz CT molecular complexity index is 1140. The number of carbonyl (C=O) groups is 2. The first-order valence-electron chi connectivity index (χ1n) is 10.6. The lowest BCUT2D eigenvalue weighted by Gasteiger charge is -2.35. The maximum atomic E-state index is 12.8. The predicted molar refractivity (Wildman–Crippen MR) is 126 cm³/mol. The van der Waals surface area contributed by atoms with E-state index >= 15 is 0 Å². The van der Waals surface area contributed by atoms with Crippen LogP contribution >= 0.6 is 15.9 Å². The van der Waals surface area contributed by atoms with E-state index in [1.165, 1.54) is 10.5 Å². The number of benzene rings is 2. The van der Waals surface area contributed by atoms with Gasteiger partial charge in [-0.05, 0) is 54.8 Å². The standard InChI is InChI=1S/C24H26BrN3O4/c1-3-32-24(31)28-11-10-18-19-14-17(25)8-9-20(19)26-21(18)22(28)15-4-6-16(7-5-15)23(30)27(2)12-13-29/h4-9,14,22,26,29H,3,10-13H2,1-2H3. The molecule has 0 spiro atoms. The molecule has 32 heavy (non-hydrogen) atoms. The van der Waals surface area contributed by atoms with Gasteiger partial charge >= 0.3 is 6.09 Å². The number of likely N-dealkylation sites (N-methyl/N-ethyl adjacent to an activating group) is 1. The number of aliphatic hydroxyl groups is 1. The number of ether oxygens (including phenoxy) is 1. The summed E-state index contributed by atoms with van der Waals surface area (Å²) in [4.78, 5) is 32.1. The molecule has 7 nitrogen and oxygen atoms in total. The van der Waals surface area contributed by atoms with Crippen LogP contribution in [0.5, 0.6) is 0 Å². The summed E-state index contributed by atoms with van der Waals surface area (Å²) in [5.74, 6) is -0.160. The molecular formula is C24H26BrN3O4. The molecule has 2 aromatic carbocycles. The van der Waals surface area contributed by atoms with Crippen LogP contribution in [0.25, 0.3) is 10.9 Å². The Morgan fingerprint density at radius 2 is 2.00 bits per heavy atom. The van der Waals surface area contributed by atoms with Crippen molar-refractivity contribution in [3.8, 4) is 0 Å². The van der Waals surface area contributed by atoms with Crippen LogP contribution in [-0.4, -0.2) is 65.2 Å². The number of nitrogens with one attached hydrogen (secondary N) is 1. The third-order valence-corrected chi connectivity index (χ3v) is 6.34. The van der Waals surface area contributed by atoms with Gasteiger partial charge in [-0.25, -0.2) is 4.79 Å². The van der Waals surface area contributed by atoms with Gasteiger partial charge in [0.15, 0.2) is 0 Å². The lowest BCUT2D eigenvalue weighted by atomic mass is 9.92. The quantitative estimate of drug-likeness (QED) is 0.553. The fraction of sp³-hybridized carbons (Fsp3) is 0.333. The zero-order valence-electron chi connectivity index (χ0n) is 18.1. The molecule has 4 rings (SSSR count). The van der Waals surface area contributed by atoms with E-state index in [0.717, 1.165) is 33.1 Å². The average Bonchev–Trinajstić information content (AvgIpc) is 3.16. The molecule has 2 heterocycles. The van der Waals surface area contributed by atoms with Crippen molar-refractivity contribution in [2.45, 2.75) is 19.4 Å². The maximum Gasteiger partial charge on any atom is 0.410 e. The Balaban J connectivity index is 1.76. The number of carbonyl (C=O) groups excluding carboxylic acids is 2. The van der Waals surface area contributed by atoms with Crippen LogP contribution in [-0.2, 0) is 11.2 Å². The zero-order valence-corrected chi connectivity index (χ0v) is 19.7. The van der Waals surface area contributed by atoms with Crippen molar-refractivity contribution in [3.05, 3.63) is 69.3 Å². The minimum absolute atomic E-state index is 0.0871. The van der Waals surface area contributed by atoms with E-state index in [9.17, 15) is 9.59 Å². The number of amides is 2. The molecular weight excluding hydrogens is 474 g/mol. The second-order valence-corrected chi connectivity index (χ2v) is 8.74. The lowest BCUT2D eigenvalue weighted by molar-refractivity contribution is 0.0766. The van der Waals surface area contributed by atoms with E-state index in [0.29, 0.717) is 18.7 Å². The normalized spacial score (nSPS) is 15.5. The second-order valence-electron chi connectivity index (χ2n) is 7.82. The molecule has 1 aliphatic heterocycles. The second kappa shape index (κ2) is 9.34. The number of nitrogens with zero attached hydrogens (tertiary/aromatic N) is 2. The van der Waals surface area contributed by atoms with Gasteiger partial charge in [0.25, 0.3) is 5.91 Å². The summed E-state index contributed by atoms with van der Waals surface area (Å²) in [6.45, 7) is 2.82. The number of H-pyrrole nitrogens is 1. The summed E-state index contributed by atoms with van der Waals surface area (Å²) in [5.41, 5.74) is 4.60. The largest absolute Gasteiger partial charge is 0.450 e. The summed E-state index contributed by atoms with van der Waals surface area (Å²) in [6.07, 6.45) is 0.370. The number of rotatable bonds is 5. The molecule has 0 saturated heterocycles. The molecule has 168 valence electrons. The molecule has 1 aromatic heterocycles. The van der Waals surface area contributed by atoms with Gasteiger partial charge in [0.05, 0.1) is 13.2 Å². The van der Waals surface area contributed by atoms with Crippen molar-refractivity contribution < 1.29 is 19.4 Å². The van der Waals surface area contributed by atoms with Crippen molar-refractivity contribution in [2.24, 2.45) is 0 Å². The number of fused-ring (bicyclic) bond motifs is 3. The van der Waals surface area contributed by atoms with Crippen LogP contribution < -0.4 is 0 Å². The van der Waals surface area contributed by atoms with Crippen LogP contribution in [0.15, 0.2) is 46.9 Å². The van der Waals surface area contributed by atoms with Crippen LogP contribution in [0.4, 0.5) is 4.79 Å². The van der Waals surface area contributed by atoms with Gasteiger partial charge in [0.1, 0.15) is 6.04 Å². The van der Waals surface area contributed by atoms with Crippen molar-refractivity contribution >= 4 is 38.8 Å². The number of aromatic nitrogens is 1. The Kier molecular flexibility index (Phi) is 6.53. The minimum Gasteiger partial charge on any atom is -0.450 e. The van der Waals surface area contributed by atoms with E-state index < -0.39 is 0 Å². The number of aromatic amines is 1. The predicted octanol–water partition coefficient (Wildman–Crippen LogP) is 4.10. The molecule has 8 heteroatoms. The fourth-order valence-corrected chi connectivity index (χ4v) is 4.65. The number of hydrogen-bond acceptors (Lipinski definition) is 4. The molecule has 0 fully saturated rings. The van der Waals surface area contributed by atoms with Crippen molar-refractivity contribution in [2.75, 3.05) is 33.4 Å². The highest BCUT2D eigenvalue weighted by Gasteiger charge is 2.35. The third kappa shape index (κ3) is 4.12. The SMILES string of the molecule is CCOC(=O)N1CCc2c([nH]c3ccc(Br)cc23)C1c1ccc(C(=O)N(C)CCO)cc1. The first-order chi connectivity index (χ1) is 15.4. The third-order valence-electron chi connectivity index (χ3n) is 5.85. The summed E-state index contributed by atoms with van der Waals surface area (Å²) in [7, 11) is 1.66. The van der Waals surface area contributed by atoms with Gasteiger partial charge in [-0.1, -0.05) is 28.1 Å². The molecule has 1 aliphatic rings. The highest BCUT2D eigenvalue weighted by Crippen LogP contribution is 2.39. The van der Waals surface area contributed by atoms with E-state index in [1.807, 2.05) is 24.3 Å². The summed E-state index contributed by atoms with van der Waals surface area (Å²) < 4.78 is 6.35. The smallest absolute Gasteiger partial charge is 0.410 e. The summed E-state index contributed by atoms with van der Waals surface area (Å²) in [6, 6.07) is 13.1. The highest BCUT2D eigenvalue weighted by molar-refractivity contribution is 9.10. The van der Waals surface area contributed by atoms with Gasteiger partial charge in [-0.2, -0.15) is 0 Å². The average molecular weight is 500 g/mol. The summed E-state index contributed by atoms with van der Waals surface area (Å²) >= 11 is 3.55. The molecule has 2 amide bonds. The Hall–Kier alpha value is -2.84. The molecule has 2 N–H and O–H groups in total. The van der Waals surface area contributed by atoms with Crippen molar-refractivity contribution in [1.29, 1.82) is 0 Å². The van der Waals surface area contributed by atoms with Gasteiger partial charge in [0.2, 0.25) is 0 Å². The molecule has 0 radical (unpaired) electrons. The van der Waals surface area contributed by atoms with Crippen LogP contribution in [0.1, 0.15) is 40.1 Å². The van der Waals surface area contributed by atoms with E-state index in [2.05, 4.69) is 27.0 Å². The Morgan fingerprint density at radius 1 is 1.25 bits per heavy atom. The van der Waals surface area contributed by atoms with Crippen LogP contribution in [0, 0.1) is 0 Å². The molecule has 1 atom stereocenters. The minimum atomic E-state index is -0.356. The zero-order chi connectivity index (χ0) is 22.8.